The molecule has 0 heterocycles. The van der Waals surface area contributed by atoms with Gasteiger partial charge >= 0.3 is 0 Å². The third-order valence-electron chi connectivity index (χ3n) is 2.86. The van der Waals surface area contributed by atoms with Crippen molar-refractivity contribution in [1.29, 1.82) is 0 Å². The number of carbonyl (C=O) groups is 1. The second kappa shape index (κ2) is 8.19. The van der Waals surface area contributed by atoms with Crippen LogP contribution < -0.4 is 4.74 Å². The van der Waals surface area contributed by atoms with Crippen LogP contribution >= 0.6 is 0 Å². The Morgan fingerprint density at radius 3 is 2.50 bits per heavy atom. The molecule has 1 N–H and O–H groups in total. The average molecular weight is 278 g/mol. The molecule has 0 aliphatic carbocycles. The fraction of sp³-hybridized carbons (Fsp3) is 0.467. The number of hydrogen-bond donors (Lipinski definition) is 1. The lowest BCUT2D eigenvalue weighted by Crippen LogP contribution is -2.21. The molecular formula is C15H22N2O3. The summed E-state index contributed by atoms with van der Waals surface area (Å²) in [5.41, 5.74) is 1.73. The van der Waals surface area contributed by atoms with Gasteiger partial charge in [-0.3, -0.25) is 4.79 Å². The molecule has 0 spiro atoms. The molecule has 110 valence electrons. The highest BCUT2D eigenvalue weighted by Crippen LogP contribution is 2.13. The number of benzene rings is 1. The molecule has 0 aromatic heterocycles. The predicted octanol–water partition coefficient (Wildman–Crippen LogP) is 2.33. The highest BCUT2D eigenvalue weighted by molar-refractivity contribution is 5.83. The van der Waals surface area contributed by atoms with E-state index in [0.717, 1.165) is 11.3 Å². The maximum atomic E-state index is 11.4. The molecule has 0 aliphatic rings. The van der Waals surface area contributed by atoms with Gasteiger partial charge in [0, 0.05) is 26.9 Å². The Kier molecular flexibility index (Phi) is 6.56. The summed E-state index contributed by atoms with van der Waals surface area (Å²) in [4.78, 5) is 13.0. The Hall–Kier alpha value is -2.04. The monoisotopic (exact) mass is 278 g/mol. The summed E-state index contributed by atoms with van der Waals surface area (Å²) in [6.07, 6.45) is 1.82. The SMILES string of the molecule is C/C(Cc1ccc(OCCCC(=O)N(C)C)cc1)=N\O. The zero-order valence-corrected chi connectivity index (χ0v) is 12.3. The number of carbonyl (C=O) groups excluding carboxylic acids is 1. The van der Waals surface area contributed by atoms with Crippen molar-refractivity contribution in [1.82, 2.24) is 4.90 Å². The van der Waals surface area contributed by atoms with Gasteiger partial charge in [0.2, 0.25) is 5.91 Å². The maximum absolute atomic E-state index is 11.4. The van der Waals surface area contributed by atoms with Crippen molar-refractivity contribution in [2.45, 2.75) is 26.2 Å². The summed E-state index contributed by atoms with van der Waals surface area (Å²) in [5.74, 6) is 0.896. The van der Waals surface area contributed by atoms with E-state index in [0.29, 0.717) is 31.6 Å². The molecule has 1 aromatic carbocycles. The minimum Gasteiger partial charge on any atom is -0.494 e. The summed E-state index contributed by atoms with van der Waals surface area (Å²) < 4.78 is 5.57. The van der Waals surface area contributed by atoms with Gasteiger partial charge in [-0.1, -0.05) is 17.3 Å². The molecule has 0 saturated carbocycles. The number of nitrogens with zero attached hydrogens (tertiary/aromatic N) is 2. The Morgan fingerprint density at radius 1 is 1.30 bits per heavy atom. The van der Waals surface area contributed by atoms with Crippen molar-refractivity contribution in [3.63, 3.8) is 0 Å². The van der Waals surface area contributed by atoms with E-state index in [1.807, 2.05) is 24.3 Å². The van der Waals surface area contributed by atoms with E-state index in [4.69, 9.17) is 9.94 Å². The van der Waals surface area contributed by atoms with Crippen molar-refractivity contribution in [2.75, 3.05) is 20.7 Å². The second-order valence-corrected chi connectivity index (χ2v) is 4.90. The second-order valence-electron chi connectivity index (χ2n) is 4.90. The van der Waals surface area contributed by atoms with Crippen LogP contribution in [-0.4, -0.2) is 42.4 Å². The van der Waals surface area contributed by atoms with Gasteiger partial charge in [-0.15, -0.1) is 0 Å². The van der Waals surface area contributed by atoms with Crippen LogP contribution in [0, 0.1) is 0 Å². The minimum atomic E-state index is 0.114. The van der Waals surface area contributed by atoms with Gasteiger partial charge in [-0.05, 0) is 31.0 Å². The highest BCUT2D eigenvalue weighted by Gasteiger charge is 2.03. The number of ether oxygens (including phenoxy) is 1. The van der Waals surface area contributed by atoms with E-state index in [9.17, 15) is 4.79 Å². The Labute approximate surface area is 119 Å². The van der Waals surface area contributed by atoms with Gasteiger partial charge in [-0.25, -0.2) is 0 Å². The van der Waals surface area contributed by atoms with Crippen molar-refractivity contribution >= 4 is 11.6 Å². The summed E-state index contributed by atoms with van der Waals surface area (Å²) in [5, 5.41) is 11.8. The van der Waals surface area contributed by atoms with Crippen LogP contribution in [0.5, 0.6) is 5.75 Å². The lowest BCUT2D eigenvalue weighted by atomic mass is 10.1. The maximum Gasteiger partial charge on any atom is 0.222 e. The van der Waals surface area contributed by atoms with Gasteiger partial charge in [0.05, 0.1) is 12.3 Å². The van der Waals surface area contributed by atoms with E-state index < -0.39 is 0 Å². The fourth-order valence-corrected chi connectivity index (χ4v) is 1.67. The van der Waals surface area contributed by atoms with Crippen LogP contribution in [0.2, 0.25) is 0 Å². The molecule has 5 heteroatoms. The first-order valence-electron chi connectivity index (χ1n) is 6.62. The highest BCUT2D eigenvalue weighted by atomic mass is 16.5. The lowest BCUT2D eigenvalue weighted by Gasteiger charge is -2.10. The molecular weight excluding hydrogens is 256 g/mol. The van der Waals surface area contributed by atoms with E-state index in [1.165, 1.54) is 0 Å². The van der Waals surface area contributed by atoms with Gasteiger partial charge < -0.3 is 14.8 Å². The molecule has 1 amide bonds. The smallest absolute Gasteiger partial charge is 0.222 e. The Balaban J connectivity index is 2.33. The molecule has 0 atom stereocenters. The molecule has 1 rings (SSSR count). The summed E-state index contributed by atoms with van der Waals surface area (Å²) >= 11 is 0. The first-order valence-corrected chi connectivity index (χ1v) is 6.62. The summed E-state index contributed by atoms with van der Waals surface area (Å²) in [6, 6.07) is 7.64. The van der Waals surface area contributed by atoms with Crippen molar-refractivity contribution in [2.24, 2.45) is 5.16 Å². The quantitative estimate of drug-likeness (QED) is 0.360. The minimum absolute atomic E-state index is 0.114. The zero-order chi connectivity index (χ0) is 15.0. The van der Waals surface area contributed by atoms with Crippen LogP contribution in [0.15, 0.2) is 29.4 Å². The number of hydrogen-bond acceptors (Lipinski definition) is 4. The van der Waals surface area contributed by atoms with Gasteiger partial charge in [0.1, 0.15) is 5.75 Å². The molecule has 0 fully saturated rings. The molecule has 1 aromatic rings. The van der Waals surface area contributed by atoms with E-state index in [-0.39, 0.29) is 5.91 Å². The van der Waals surface area contributed by atoms with Gasteiger partial charge in [0.25, 0.3) is 0 Å². The predicted molar refractivity (Wildman–Crippen MR) is 78.5 cm³/mol. The molecule has 0 unspecified atom stereocenters. The van der Waals surface area contributed by atoms with E-state index >= 15 is 0 Å². The normalized spacial score (nSPS) is 11.2. The number of amides is 1. The third kappa shape index (κ3) is 5.73. The number of oxime groups is 1. The standard InChI is InChI=1S/C15H22N2O3/c1-12(16-19)11-13-6-8-14(9-7-13)20-10-4-5-15(18)17(2)3/h6-9,19H,4-5,10-11H2,1-3H3/b16-12+. The first-order chi connectivity index (χ1) is 9.52. The molecule has 0 saturated heterocycles. The number of rotatable bonds is 7. The van der Waals surface area contributed by atoms with Crippen LogP contribution in [0.25, 0.3) is 0 Å². The summed E-state index contributed by atoms with van der Waals surface area (Å²) in [7, 11) is 3.50. The molecule has 5 nitrogen and oxygen atoms in total. The molecule has 0 aliphatic heterocycles. The van der Waals surface area contributed by atoms with Crippen LogP contribution in [0.1, 0.15) is 25.3 Å². The third-order valence-corrected chi connectivity index (χ3v) is 2.86. The fourth-order valence-electron chi connectivity index (χ4n) is 1.67. The van der Waals surface area contributed by atoms with Crippen molar-refractivity contribution in [3.05, 3.63) is 29.8 Å². The average Bonchev–Trinajstić information content (AvgIpc) is 2.44. The van der Waals surface area contributed by atoms with Gasteiger partial charge in [-0.2, -0.15) is 0 Å². The van der Waals surface area contributed by atoms with Gasteiger partial charge in [0.15, 0.2) is 0 Å². The zero-order valence-electron chi connectivity index (χ0n) is 12.3. The lowest BCUT2D eigenvalue weighted by molar-refractivity contribution is -0.128. The summed E-state index contributed by atoms with van der Waals surface area (Å²) in [6.45, 7) is 2.29. The van der Waals surface area contributed by atoms with E-state index in [2.05, 4.69) is 5.16 Å². The van der Waals surface area contributed by atoms with Crippen LogP contribution in [0.4, 0.5) is 0 Å². The molecule has 20 heavy (non-hydrogen) atoms. The van der Waals surface area contributed by atoms with Crippen molar-refractivity contribution in [3.8, 4) is 5.75 Å². The Bertz CT molecular complexity index is 453. The Morgan fingerprint density at radius 2 is 1.95 bits per heavy atom. The topological polar surface area (TPSA) is 62.1 Å². The van der Waals surface area contributed by atoms with E-state index in [1.54, 1.807) is 25.9 Å². The van der Waals surface area contributed by atoms with Crippen LogP contribution in [0.3, 0.4) is 0 Å². The molecule has 0 bridgehead atoms. The largest absolute Gasteiger partial charge is 0.494 e. The first kappa shape index (κ1) is 16.0. The van der Waals surface area contributed by atoms with Crippen LogP contribution in [-0.2, 0) is 11.2 Å². The van der Waals surface area contributed by atoms with Crippen molar-refractivity contribution < 1.29 is 14.7 Å². The molecule has 0 radical (unpaired) electrons.